The Morgan fingerprint density at radius 2 is 0.527 bits per heavy atom. The van der Waals surface area contributed by atoms with Gasteiger partial charge in [-0.15, -0.1) is 0 Å². The number of carbonyl (C=O) groups excluding carboxylic acids is 3. The van der Waals surface area contributed by atoms with Gasteiger partial charge < -0.3 is 14.2 Å². The number of hydrogen-bond acceptors (Lipinski definition) is 6. The molecule has 0 radical (unpaired) electrons. The highest BCUT2D eigenvalue weighted by Crippen LogP contribution is 2.17. The van der Waals surface area contributed by atoms with Gasteiger partial charge in [-0.1, -0.05) is 286 Å². The molecule has 0 aromatic carbocycles. The van der Waals surface area contributed by atoms with Crippen LogP contribution in [0.5, 0.6) is 0 Å². The minimum absolute atomic E-state index is 0.0765. The Hall–Kier alpha value is -3.15. The number of carbonyl (C=O) groups is 3. The van der Waals surface area contributed by atoms with E-state index in [1.54, 1.807) is 0 Å². The van der Waals surface area contributed by atoms with Crippen molar-refractivity contribution in [3.8, 4) is 0 Å². The molecule has 0 rings (SSSR count). The standard InChI is InChI=1S/C68H120O6/c1-4-7-10-13-16-19-22-25-28-30-32-34-36-38-40-43-46-49-52-55-58-61-67(70)73-64-65(63-72-66(69)60-57-54-51-48-45-42-27-24-21-18-15-12-9-6-3)74-68(71)62-59-56-53-50-47-44-41-39-37-35-33-31-29-26-23-20-17-14-11-8-5-2/h7,10,16,19,23,25-26,28,31-34,65H,4-6,8-9,11-15,17-18,20-22,24,27,29-30,35-64H2,1-3H3/b10-7-,19-16-,26-23-,28-25-,33-31-,34-32-. The van der Waals surface area contributed by atoms with E-state index in [-0.39, 0.29) is 31.1 Å². The third-order valence-corrected chi connectivity index (χ3v) is 13.9. The third-order valence-electron chi connectivity index (χ3n) is 13.9. The summed E-state index contributed by atoms with van der Waals surface area (Å²) in [4.78, 5) is 38.3. The number of unbranched alkanes of at least 4 members (excludes halogenated alkanes) is 35. The van der Waals surface area contributed by atoms with Gasteiger partial charge in [0, 0.05) is 19.3 Å². The molecule has 0 N–H and O–H groups in total. The number of rotatable bonds is 58. The summed E-state index contributed by atoms with van der Waals surface area (Å²) in [7, 11) is 0. The molecule has 0 aliphatic carbocycles. The van der Waals surface area contributed by atoms with Gasteiger partial charge in [-0.3, -0.25) is 14.4 Å². The largest absolute Gasteiger partial charge is 0.462 e. The lowest BCUT2D eigenvalue weighted by Crippen LogP contribution is -2.30. The van der Waals surface area contributed by atoms with Crippen LogP contribution in [0.3, 0.4) is 0 Å². The molecule has 0 spiro atoms. The molecule has 0 aromatic rings. The highest BCUT2D eigenvalue weighted by atomic mass is 16.6. The van der Waals surface area contributed by atoms with Gasteiger partial charge >= 0.3 is 17.9 Å². The second-order valence-corrected chi connectivity index (χ2v) is 21.3. The van der Waals surface area contributed by atoms with Gasteiger partial charge in [-0.05, 0) is 89.9 Å². The molecule has 0 amide bonds. The minimum atomic E-state index is -0.781. The van der Waals surface area contributed by atoms with E-state index in [1.165, 1.54) is 186 Å². The molecule has 0 saturated heterocycles. The van der Waals surface area contributed by atoms with Gasteiger partial charge in [0.05, 0.1) is 0 Å². The molecule has 0 heterocycles. The van der Waals surface area contributed by atoms with Crippen molar-refractivity contribution in [2.24, 2.45) is 0 Å². The molecule has 0 aliphatic rings. The maximum Gasteiger partial charge on any atom is 0.306 e. The monoisotopic (exact) mass is 1030 g/mol. The van der Waals surface area contributed by atoms with Crippen molar-refractivity contribution in [1.29, 1.82) is 0 Å². The Kier molecular flexibility index (Phi) is 59.7. The summed E-state index contributed by atoms with van der Waals surface area (Å²) in [5.74, 6) is -0.873. The van der Waals surface area contributed by atoms with Gasteiger partial charge in [0.25, 0.3) is 0 Å². The zero-order valence-corrected chi connectivity index (χ0v) is 49.1. The summed E-state index contributed by atoms with van der Waals surface area (Å²) in [5, 5.41) is 0. The topological polar surface area (TPSA) is 78.9 Å². The van der Waals surface area contributed by atoms with Crippen LogP contribution in [0.1, 0.15) is 323 Å². The first-order chi connectivity index (χ1) is 36.5. The van der Waals surface area contributed by atoms with Crippen LogP contribution < -0.4 is 0 Å². The highest BCUT2D eigenvalue weighted by Gasteiger charge is 2.19. The average molecular weight is 1030 g/mol. The molecule has 0 fully saturated rings. The lowest BCUT2D eigenvalue weighted by molar-refractivity contribution is -0.167. The normalized spacial score (nSPS) is 12.5. The SMILES string of the molecule is CC/C=C\C/C=C\C/C=C\C/C=C\CCCCCCCCCCC(=O)OCC(COC(=O)CCCCCCCCCCCCCCCC)OC(=O)CCCCCCCCCCC/C=C\C/C=C\CCCCCCC. The molecular weight excluding hydrogens is 913 g/mol. The summed E-state index contributed by atoms with van der Waals surface area (Å²) in [5.41, 5.74) is 0. The first-order valence-corrected chi connectivity index (χ1v) is 31.9. The van der Waals surface area contributed by atoms with Crippen molar-refractivity contribution in [3.05, 3.63) is 72.9 Å². The van der Waals surface area contributed by atoms with E-state index < -0.39 is 6.10 Å². The Morgan fingerprint density at radius 3 is 0.824 bits per heavy atom. The molecule has 0 saturated carbocycles. The van der Waals surface area contributed by atoms with Crippen LogP contribution in [-0.2, 0) is 28.6 Å². The minimum Gasteiger partial charge on any atom is -0.462 e. The molecule has 0 bridgehead atoms. The van der Waals surface area contributed by atoms with E-state index in [2.05, 4.69) is 93.7 Å². The van der Waals surface area contributed by atoms with Crippen molar-refractivity contribution in [3.63, 3.8) is 0 Å². The van der Waals surface area contributed by atoms with Crippen LogP contribution in [0, 0.1) is 0 Å². The maximum absolute atomic E-state index is 12.9. The summed E-state index contributed by atoms with van der Waals surface area (Å²) < 4.78 is 16.9. The van der Waals surface area contributed by atoms with Gasteiger partial charge in [0.2, 0.25) is 0 Å². The van der Waals surface area contributed by atoms with Crippen LogP contribution in [0.2, 0.25) is 0 Å². The summed E-state index contributed by atoms with van der Waals surface area (Å²) in [6, 6.07) is 0. The van der Waals surface area contributed by atoms with E-state index in [9.17, 15) is 14.4 Å². The molecule has 6 heteroatoms. The fourth-order valence-corrected chi connectivity index (χ4v) is 9.17. The molecule has 0 aliphatic heterocycles. The van der Waals surface area contributed by atoms with Gasteiger partial charge in [0.1, 0.15) is 13.2 Å². The van der Waals surface area contributed by atoms with E-state index >= 15 is 0 Å². The van der Waals surface area contributed by atoms with Crippen LogP contribution in [0.4, 0.5) is 0 Å². The zero-order chi connectivity index (χ0) is 53.6. The maximum atomic E-state index is 12.9. The number of esters is 3. The predicted molar refractivity (Wildman–Crippen MR) is 321 cm³/mol. The van der Waals surface area contributed by atoms with Crippen molar-refractivity contribution in [2.45, 2.75) is 329 Å². The van der Waals surface area contributed by atoms with E-state index in [1.807, 2.05) is 0 Å². The van der Waals surface area contributed by atoms with Gasteiger partial charge in [-0.2, -0.15) is 0 Å². The molecule has 6 nitrogen and oxygen atoms in total. The van der Waals surface area contributed by atoms with Crippen LogP contribution in [-0.4, -0.2) is 37.2 Å². The summed E-state index contributed by atoms with van der Waals surface area (Å²) in [6.07, 6.45) is 80.4. The second-order valence-electron chi connectivity index (χ2n) is 21.3. The highest BCUT2D eigenvalue weighted by molar-refractivity contribution is 5.71. The zero-order valence-electron chi connectivity index (χ0n) is 49.1. The molecule has 1 atom stereocenters. The van der Waals surface area contributed by atoms with Crippen molar-refractivity contribution >= 4 is 17.9 Å². The number of hydrogen-bond donors (Lipinski definition) is 0. The quantitative estimate of drug-likeness (QED) is 0.0261. The van der Waals surface area contributed by atoms with Gasteiger partial charge in [-0.25, -0.2) is 0 Å². The third kappa shape index (κ3) is 59.7. The summed E-state index contributed by atoms with van der Waals surface area (Å²) >= 11 is 0. The number of allylic oxidation sites excluding steroid dienone is 12. The van der Waals surface area contributed by atoms with Crippen LogP contribution >= 0.6 is 0 Å². The van der Waals surface area contributed by atoms with E-state index in [4.69, 9.17) is 14.2 Å². The number of ether oxygens (including phenoxy) is 3. The Bertz CT molecular complexity index is 1370. The predicted octanol–water partition coefficient (Wildman–Crippen LogP) is 21.7. The lowest BCUT2D eigenvalue weighted by atomic mass is 10.0. The smallest absolute Gasteiger partial charge is 0.306 e. The Morgan fingerprint density at radius 1 is 0.284 bits per heavy atom. The van der Waals surface area contributed by atoms with Crippen molar-refractivity contribution in [2.75, 3.05) is 13.2 Å². The molecule has 428 valence electrons. The first kappa shape index (κ1) is 70.8. The molecular formula is C68H120O6. The molecule has 0 aromatic heterocycles. The molecule has 74 heavy (non-hydrogen) atoms. The first-order valence-electron chi connectivity index (χ1n) is 31.9. The lowest BCUT2D eigenvalue weighted by Gasteiger charge is -2.18. The van der Waals surface area contributed by atoms with Crippen LogP contribution in [0.15, 0.2) is 72.9 Å². The van der Waals surface area contributed by atoms with E-state index in [0.717, 1.165) is 96.3 Å². The fraction of sp³-hybridized carbons (Fsp3) is 0.779. The average Bonchev–Trinajstić information content (AvgIpc) is 3.40. The summed E-state index contributed by atoms with van der Waals surface area (Å²) in [6.45, 7) is 6.55. The van der Waals surface area contributed by atoms with E-state index in [0.29, 0.717) is 19.3 Å². The van der Waals surface area contributed by atoms with Crippen LogP contribution in [0.25, 0.3) is 0 Å². The Balaban J connectivity index is 4.36. The Labute approximate surface area is 459 Å². The van der Waals surface area contributed by atoms with Crippen molar-refractivity contribution < 1.29 is 28.6 Å². The van der Waals surface area contributed by atoms with Gasteiger partial charge in [0.15, 0.2) is 6.10 Å². The van der Waals surface area contributed by atoms with Crippen molar-refractivity contribution in [1.82, 2.24) is 0 Å². The fourth-order valence-electron chi connectivity index (χ4n) is 9.17. The molecule has 1 unspecified atom stereocenters. The second kappa shape index (κ2) is 62.4.